The van der Waals surface area contributed by atoms with Gasteiger partial charge in [0.15, 0.2) is 5.75 Å². The summed E-state index contributed by atoms with van der Waals surface area (Å²) in [5.41, 5.74) is 0.417. The molecule has 100 valence electrons. The van der Waals surface area contributed by atoms with Gasteiger partial charge in [-0.2, -0.15) is 11.8 Å². The number of nitro groups is 1. The van der Waals surface area contributed by atoms with Gasteiger partial charge in [0.25, 0.3) is 0 Å². The van der Waals surface area contributed by atoms with Crippen molar-refractivity contribution in [3.63, 3.8) is 0 Å². The molecular weight excluding hydrogens is 254 g/mol. The van der Waals surface area contributed by atoms with Crippen LogP contribution >= 0.6 is 11.8 Å². The third-order valence-corrected chi connectivity index (χ3v) is 3.28. The van der Waals surface area contributed by atoms with E-state index in [2.05, 4.69) is 6.92 Å². The van der Waals surface area contributed by atoms with Crippen LogP contribution < -0.4 is 4.74 Å². The van der Waals surface area contributed by atoms with E-state index in [9.17, 15) is 10.1 Å². The van der Waals surface area contributed by atoms with E-state index in [0.29, 0.717) is 12.2 Å². The van der Waals surface area contributed by atoms with Crippen LogP contribution in [0.25, 0.3) is 0 Å². The highest BCUT2D eigenvalue weighted by Crippen LogP contribution is 2.28. The van der Waals surface area contributed by atoms with Crippen molar-refractivity contribution in [3.8, 4) is 5.75 Å². The topological polar surface area (TPSA) is 72.6 Å². The van der Waals surface area contributed by atoms with E-state index in [1.807, 2.05) is 11.8 Å². The Bertz CT molecular complexity index is 398. The highest BCUT2D eigenvalue weighted by molar-refractivity contribution is 7.99. The first-order valence-corrected chi connectivity index (χ1v) is 6.93. The minimum Gasteiger partial charge on any atom is -0.487 e. The summed E-state index contributed by atoms with van der Waals surface area (Å²) in [6.07, 6.45) is 0.859. The Morgan fingerprint density at radius 1 is 1.50 bits per heavy atom. The van der Waals surface area contributed by atoms with Crippen LogP contribution in [0.1, 0.15) is 18.9 Å². The van der Waals surface area contributed by atoms with Crippen molar-refractivity contribution < 1.29 is 14.8 Å². The first-order valence-electron chi connectivity index (χ1n) is 5.77. The second-order valence-electron chi connectivity index (χ2n) is 3.62. The molecule has 0 spiro atoms. The molecule has 0 saturated heterocycles. The molecule has 0 unspecified atom stereocenters. The number of nitro benzene ring substituents is 1. The average Bonchev–Trinajstić information content (AvgIpc) is 2.38. The Kier molecular flexibility index (Phi) is 6.53. The van der Waals surface area contributed by atoms with E-state index in [1.165, 1.54) is 12.1 Å². The van der Waals surface area contributed by atoms with Crippen LogP contribution in [-0.4, -0.2) is 28.1 Å². The summed E-state index contributed by atoms with van der Waals surface area (Å²) in [7, 11) is 0. The Morgan fingerprint density at radius 3 is 2.89 bits per heavy atom. The fraction of sp³-hybridized carbons (Fsp3) is 0.500. The zero-order valence-electron chi connectivity index (χ0n) is 10.3. The monoisotopic (exact) mass is 271 g/mol. The smallest absolute Gasteiger partial charge is 0.311 e. The molecule has 0 aliphatic rings. The maximum Gasteiger partial charge on any atom is 0.311 e. The summed E-state index contributed by atoms with van der Waals surface area (Å²) in [5.74, 6) is 2.31. The van der Waals surface area contributed by atoms with Gasteiger partial charge in [-0.15, -0.1) is 0 Å². The molecule has 6 heteroatoms. The summed E-state index contributed by atoms with van der Waals surface area (Å²) < 4.78 is 5.41. The number of thioether (sulfide) groups is 1. The number of benzene rings is 1. The predicted octanol–water partition coefficient (Wildman–Crippen LogP) is 2.61. The maximum atomic E-state index is 10.9. The van der Waals surface area contributed by atoms with Gasteiger partial charge in [0, 0.05) is 6.07 Å². The molecule has 0 saturated carbocycles. The minimum atomic E-state index is -0.491. The van der Waals surface area contributed by atoms with Gasteiger partial charge in [-0.05, 0) is 29.6 Å². The van der Waals surface area contributed by atoms with E-state index >= 15 is 0 Å². The molecule has 0 bridgehead atoms. The quantitative estimate of drug-likeness (QED) is 0.447. The lowest BCUT2D eigenvalue weighted by atomic mass is 10.2. The summed E-state index contributed by atoms with van der Waals surface area (Å²) in [6, 6.07) is 4.51. The fourth-order valence-electron chi connectivity index (χ4n) is 1.41. The van der Waals surface area contributed by atoms with Crippen molar-refractivity contribution in [3.05, 3.63) is 33.9 Å². The Labute approximate surface area is 110 Å². The molecule has 5 nitrogen and oxygen atoms in total. The first-order chi connectivity index (χ1) is 8.69. The molecular formula is C12H17NO4S. The van der Waals surface area contributed by atoms with Crippen LogP contribution in [0.15, 0.2) is 18.2 Å². The standard InChI is InChI=1S/C12H17NO4S/c1-2-18-7-3-6-17-12-5-4-10(9-14)8-11(12)13(15)16/h4-5,8,14H,2-3,6-7,9H2,1H3. The molecule has 0 aromatic heterocycles. The molecule has 18 heavy (non-hydrogen) atoms. The Morgan fingerprint density at radius 2 is 2.28 bits per heavy atom. The molecule has 0 amide bonds. The molecule has 0 radical (unpaired) electrons. The Hall–Kier alpha value is -1.27. The van der Waals surface area contributed by atoms with Crippen molar-refractivity contribution in [2.45, 2.75) is 20.0 Å². The van der Waals surface area contributed by atoms with E-state index in [-0.39, 0.29) is 18.0 Å². The van der Waals surface area contributed by atoms with Gasteiger partial charge in [0.1, 0.15) is 0 Å². The number of hydrogen-bond acceptors (Lipinski definition) is 5. The number of nitrogens with zero attached hydrogens (tertiary/aromatic N) is 1. The normalized spacial score (nSPS) is 10.3. The number of rotatable bonds is 8. The largest absolute Gasteiger partial charge is 0.487 e. The van der Waals surface area contributed by atoms with Crippen molar-refractivity contribution in [2.24, 2.45) is 0 Å². The molecule has 1 rings (SSSR count). The molecule has 0 heterocycles. The number of aliphatic hydroxyl groups is 1. The van der Waals surface area contributed by atoms with Gasteiger partial charge in [-0.3, -0.25) is 10.1 Å². The number of hydrogen-bond donors (Lipinski definition) is 1. The molecule has 0 fully saturated rings. The zero-order valence-corrected chi connectivity index (χ0v) is 11.1. The van der Waals surface area contributed by atoms with Crippen molar-refractivity contribution in [1.82, 2.24) is 0 Å². The lowest BCUT2D eigenvalue weighted by Crippen LogP contribution is -2.02. The Balaban J connectivity index is 2.61. The lowest BCUT2D eigenvalue weighted by Gasteiger charge is -2.07. The maximum absolute atomic E-state index is 10.9. The third kappa shape index (κ3) is 4.54. The summed E-state index contributed by atoms with van der Waals surface area (Å²) >= 11 is 1.81. The van der Waals surface area contributed by atoms with Crippen LogP contribution in [-0.2, 0) is 6.61 Å². The summed E-state index contributed by atoms with van der Waals surface area (Å²) in [5, 5.41) is 19.8. The molecule has 0 aliphatic carbocycles. The van der Waals surface area contributed by atoms with Crippen LogP contribution in [0.5, 0.6) is 5.75 Å². The van der Waals surface area contributed by atoms with Crippen molar-refractivity contribution in [2.75, 3.05) is 18.1 Å². The number of ether oxygens (including phenoxy) is 1. The predicted molar refractivity (Wildman–Crippen MR) is 72.1 cm³/mol. The molecule has 1 aromatic carbocycles. The highest BCUT2D eigenvalue weighted by Gasteiger charge is 2.15. The molecule has 1 N–H and O–H groups in total. The second kappa shape index (κ2) is 7.94. The van der Waals surface area contributed by atoms with Gasteiger partial charge in [-0.1, -0.05) is 13.0 Å². The van der Waals surface area contributed by atoms with Gasteiger partial charge in [0.2, 0.25) is 0 Å². The van der Waals surface area contributed by atoms with E-state index in [0.717, 1.165) is 17.9 Å². The van der Waals surface area contributed by atoms with E-state index in [1.54, 1.807) is 6.07 Å². The van der Waals surface area contributed by atoms with Gasteiger partial charge in [-0.25, -0.2) is 0 Å². The van der Waals surface area contributed by atoms with Crippen molar-refractivity contribution >= 4 is 17.4 Å². The third-order valence-electron chi connectivity index (χ3n) is 2.30. The highest BCUT2D eigenvalue weighted by atomic mass is 32.2. The molecule has 0 aliphatic heterocycles. The van der Waals surface area contributed by atoms with Crippen LogP contribution in [0, 0.1) is 10.1 Å². The van der Waals surface area contributed by atoms with Gasteiger partial charge >= 0.3 is 5.69 Å². The fourth-order valence-corrected chi connectivity index (χ4v) is 2.02. The molecule has 0 atom stereocenters. The van der Waals surface area contributed by atoms with Crippen LogP contribution in [0.4, 0.5) is 5.69 Å². The second-order valence-corrected chi connectivity index (χ2v) is 5.01. The first kappa shape index (κ1) is 14.8. The van der Waals surface area contributed by atoms with Gasteiger partial charge in [0.05, 0.1) is 18.1 Å². The van der Waals surface area contributed by atoms with Crippen molar-refractivity contribution in [1.29, 1.82) is 0 Å². The zero-order chi connectivity index (χ0) is 13.4. The van der Waals surface area contributed by atoms with Gasteiger partial charge < -0.3 is 9.84 Å². The minimum absolute atomic E-state index is 0.0929. The SMILES string of the molecule is CCSCCCOc1ccc(CO)cc1[N+](=O)[O-]. The lowest BCUT2D eigenvalue weighted by molar-refractivity contribution is -0.386. The number of aliphatic hydroxyl groups excluding tert-OH is 1. The van der Waals surface area contributed by atoms with Crippen LogP contribution in [0.3, 0.4) is 0 Å². The van der Waals surface area contributed by atoms with E-state index < -0.39 is 4.92 Å². The average molecular weight is 271 g/mol. The van der Waals surface area contributed by atoms with E-state index in [4.69, 9.17) is 9.84 Å². The molecule has 1 aromatic rings. The van der Waals surface area contributed by atoms with Crippen LogP contribution in [0.2, 0.25) is 0 Å². The summed E-state index contributed by atoms with van der Waals surface area (Å²) in [4.78, 5) is 10.4. The summed E-state index contributed by atoms with van der Waals surface area (Å²) in [6.45, 7) is 2.34.